The third-order valence-electron chi connectivity index (χ3n) is 2.32. The van der Waals surface area contributed by atoms with Crippen molar-refractivity contribution in [1.29, 1.82) is 0 Å². The molecule has 0 atom stereocenters. The summed E-state index contributed by atoms with van der Waals surface area (Å²) in [6.45, 7) is 0. The molecule has 0 spiro atoms. The van der Waals surface area contributed by atoms with Crippen LogP contribution in [0.3, 0.4) is 0 Å². The topological polar surface area (TPSA) is 72.2 Å². The second-order valence-electron chi connectivity index (χ2n) is 3.55. The lowest BCUT2D eigenvalue weighted by Crippen LogP contribution is -2.11. The Kier molecular flexibility index (Phi) is 3.33. The van der Waals surface area contributed by atoms with Gasteiger partial charge in [-0.1, -0.05) is 12.1 Å². The molecule has 2 aromatic rings. The van der Waals surface area contributed by atoms with Gasteiger partial charge >= 0.3 is 0 Å². The molecule has 2 rings (SSSR count). The van der Waals surface area contributed by atoms with Gasteiger partial charge in [0.15, 0.2) is 0 Å². The van der Waals surface area contributed by atoms with Crippen molar-refractivity contribution in [2.24, 2.45) is 0 Å². The molecule has 18 heavy (non-hydrogen) atoms. The first-order chi connectivity index (χ1) is 8.66. The van der Waals surface area contributed by atoms with Crippen LogP contribution in [0.4, 0.5) is 11.4 Å². The number of nitrogens with zero attached hydrogens (tertiary/aromatic N) is 1. The van der Waals surface area contributed by atoms with Gasteiger partial charge in [-0.25, -0.2) is 0 Å². The second-order valence-corrected chi connectivity index (χ2v) is 3.55. The van der Waals surface area contributed by atoms with Crippen LogP contribution >= 0.6 is 0 Å². The van der Waals surface area contributed by atoms with E-state index in [1.807, 2.05) is 0 Å². The Hall–Kier alpha value is -2.69. The Labute approximate surface area is 103 Å². The highest BCUT2D eigenvalue weighted by atomic mass is 16.6. The Morgan fingerprint density at radius 3 is 2.28 bits per heavy atom. The molecule has 0 fully saturated rings. The first kappa shape index (κ1) is 11.8. The van der Waals surface area contributed by atoms with Gasteiger partial charge < -0.3 is 5.32 Å². The Bertz CT molecular complexity index is 565. The van der Waals surface area contributed by atoms with Crippen LogP contribution in [-0.2, 0) is 0 Å². The van der Waals surface area contributed by atoms with E-state index in [1.165, 1.54) is 24.3 Å². The van der Waals surface area contributed by atoms with Crippen LogP contribution < -0.4 is 5.32 Å². The molecule has 2 aromatic carbocycles. The number of amides is 1. The van der Waals surface area contributed by atoms with Gasteiger partial charge in [-0.3, -0.25) is 14.9 Å². The van der Waals surface area contributed by atoms with Gasteiger partial charge in [0.25, 0.3) is 11.6 Å². The Balaban J connectivity index is 2.12. The van der Waals surface area contributed by atoms with Crippen LogP contribution in [0.2, 0.25) is 0 Å². The molecule has 1 radical (unpaired) electrons. The van der Waals surface area contributed by atoms with E-state index in [2.05, 4.69) is 11.4 Å². The van der Waals surface area contributed by atoms with E-state index < -0.39 is 4.92 Å². The molecule has 5 nitrogen and oxygen atoms in total. The maximum Gasteiger partial charge on any atom is 0.269 e. The van der Waals surface area contributed by atoms with Crippen molar-refractivity contribution in [3.8, 4) is 0 Å². The molecule has 0 saturated heterocycles. The van der Waals surface area contributed by atoms with Crippen LogP contribution in [0.25, 0.3) is 0 Å². The van der Waals surface area contributed by atoms with Gasteiger partial charge in [0.1, 0.15) is 0 Å². The van der Waals surface area contributed by atoms with Crippen LogP contribution in [0.1, 0.15) is 10.4 Å². The summed E-state index contributed by atoms with van der Waals surface area (Å²) in [6, 6.07) is 15.1. The highest BCUT2D eigenvalue weighted by Crippen LogP contribution is 2.13. The van der Waals surface area contributed by atoms with Crippen LogP contribution in [-0.4, -0.2) is 10.8 Å². The average Bonchev–Trinajstić information content (AvgIpc) is 2.40. The van der Waals surface area contributed by atoms with E-state index in [0.717, 1.165) is 0 Å². The molecule has 0 unspecified atom stereocenters. The predicted molar refractivity (Wildman–Crippen MR) is 66.3 cm³/mol. The first-order valence-corrected chi connectivity index (χ1v) is 5.19. The summed E-state index contributed by atoms with van der Waals surface area (Å²) in [5, 5.41) is 13.2. The van der Waals surface area contributed by atoms with Crippen LogP contribution in [0.15, 0.2) is 48.5 Å². The third-order valence-corrected chi connectivity index (χ3v) is 2.32. The largest absolute Gasteiger partial charge is 0.322 e. The van der Waals surface area contributed by atoms with Crippen molar-refractivity contribution >= 4 is 17.3 Å². The highest BCUT2D eigenvalue weighted by Gasteiger charge is 2.09. The van der Waals surface area contributed by atoms with E-state index in [4.69, 9.17) is 0 Å². The average molecular weight is 241 g/mol. The smallest absolute Gasteiger partial charge is 0.269 e. The minimum absolute atomic E-state index is 0.0409. The zero-order chi connectivity index (χ0) is 13.0. The minimum atomic E-state index is -0.505. The molecule has 5 heteroatoms. The van der Waals surface area contributed by atoms with E-state index in [0.29, 0.717) is 11.3 Å². The standard InChI is InChI=1S/C13H9N2O3/c16-13(14-11-4-2-1-3-5-11)10-6-8-12(9-7-10)15(17)18/h2-9H,(H,14,16). The van der Waals surface area contributed by atoms with Gasteiger partial charge in [-0.2, -0.15) is 0 Å². The number of nitro benzene ring substituents is 1. The highest BCUT2D eigenvalue weighted by molar-refractivity contribution is 6.04. The van der Waals surface area contributed by atoms with Crippen molar-refractivity contribution in [2.45, 2.75) is 0 Å². The third kappa shape index (κ3) is 2.70. The Morgan fingerprint density at radius 2 is 1.72 bits per heavy atom. The molecule has 0 aliphatic rings. The molecule has 89 valence electrons. The number of anilines is 1. The van der Waals surface area contributed by atoms with Crippen molar-refractivity contribution in [3.05, 3.63) is 70.3 Å². The first-order valence-electron chi connectivity index (χ1n) is 5.19. The molecule has 0 aliphatic heterocycles. The van der Waals surface area contributed by atoms with Gasteiger partial charge in [0.05, 0.1) is 4.92 Å². The lowest BCUT2D eigenvalue weighted by atomic mass is 10.2. The van der Waals surface area contributed by atoms with Crippen molar-refractivity contribution in [3.63, 3.8) is 0 Å². The van der Waals surface area contributed by atoms with Crippen LogP contribution in [0.5, 0.6) is 0 Å². The second kappa shape index (κ2) is 5.09. The molecule has 0 bridgehead atoms. The molecule has 1 amide bonds. The number of rotatable bonds is 3. The predicted octanol–water partition coefficient (Wildman–Crippen LogP) is 2.65. The fraction of sp³-hybridized carbons (Fsp3) is 0. The molecule has 0 heterocycles. The number of nitro groups is 1. The van der Waals surface area contributed by atoms with Crippen molar-refractivity contribution < 1.29 is 9.72 Å². The Morgan fingerprint density at radius 1 is 1.11 bits per heavy atom. The molecular weight excluding hydrogens is 232 g/mol. The number of hydrogen-bond acceptors (Lipinski definition) is 3. The maximum atomic E-state index is 11.8. The molecule has 0 aromatic heterocycles. The van der Waals surface area contributed by atoms with Crippen LogP contribution in [0, 0.1) is 16.2 Å². The number of hydrogen-bond donors (Lipinski definition) is 1. The monoisotopic (exact) mass is 241 g/mol. The summed E-state index contributed by atoms with van der Waals surface area (Å²) in [6.07, 6.45) is 0. The number of non-ortho nitro benzene ring substituents is 1. The summed E-state index contributed by atoms with van der Waals surface area (Å²) in [7, 11) is 0. The van der Waals surface area contributed by atoms with E-state index in [9.17, 15) is 14.9 Å². The number of nitrogens with one attached hydrogen (secondary N) is 1. The van der Waals surface area contributed by atoms with E-state index in [1.54, 1.807) is 24.3 Å². The zero-order valence-corrected chi connectivity index (χ0v) is 9.29. The quantitative estimate of drug-likeness (QED) is 0.663. The summed E-state index contributed by atoms with van der Waals surface area (Å²) in [5.74, 6) is -0.309. The van der Waals surface area contributed by atoms with E-state index >= 15 is 0 Å². The van der Waals surface area contributed by atoms with Crippen molar-refractivity contribution in [2.75, 3.05) is 5.32 Å². The SMILES string of the molecule is O=C(Nc1cc[c]cc1)c1ccc([N+](=O)[O-])cc1. The van der Waals surface area contributed by atoms with Gasteiger partial charge in [0.2, 0.25) is 0 Å². The fourth-order valence-electron chi connectivity index (χ4n) is 1.41. The zero-order valence-electron chi connectivity index (χ0n) is 9.29. The lowest BCUT2D eigenvalue weighted by Gasteiger charge is -2.04. The lowest BCUT2D eigenvalue weighted by molar-refractivity contribution is -0.384. The number of carbonyl (C=O) groups excluding carboxylic acids is 1. The van der Waals surface area contributed by atoms with E-state index in [-0.39, 0.29) is 11.6 Å². The van der Waals surface area contributed by atoms with Gasteiger partial charge in [0, 0.05) is 23.4 Å². The van der Waals surface area contributed by atoms with Gasteiger partial charge in [-0.05, 0) is 30.3 Å². The summed E-state index contributed by atoms with van der Waals surface area (Å²) in [4.78, 5) is 21.8. The maximum absolute atomic E-state index is 11.8. The summed E-state index contributed by atoms with van der Waals surface area (Å²) in [5.41, 5.74) is 0.978. The molecule has 0 aliphatic carbocycles. The molecule has 0 saturated carbocycles. The number of carbonyl (C=O) groups is 1. The van der Waals surface area contributed by atoms with Gasteiger partial charge in [-0.15, -0.1) is 0 Å². The minimum Gasteiger partial charge on any atom is -0.322 e. The summed E-state index contributed by atoms with van der Waals surface area (Å²) < 4.78 is 0. The number of benzene rings is 2. The molecular formula is C13H9N2O3. The normalized spacial score (nSPS) is 9.78. The summed E-state index contributed by atoms with van der Waals surface area (Å²) >= 11 is 0. The van der Waals surface area contributed by atoms with Crippen molar-refractivity contribution in [1.82, 2.24) is 0 Å². The molecule has 1 N–H and O–H groups in total. The fourth-order valence-corrected chi connectivity index (χ4v) is 1.41.